The number of nitrogen functional groups attached to an aromatic ring is 2. The predicted octanol–water partition coefficient (Wildman–Crippen LogP) is 2.92. The zero-order chi connectivity index (χ0) is 19.8. The Morgan fingerprint density at radius 3 is 2.46 bits per heavy atom. The van der Waals surface area contributed by atoms with Crippen LogP contribution in [0.3, 0.4) is 0 Å². The van der Waals surface area contributed by atoms with Gasteiger partial charge in [0.05, 0.1) is 0 Å². The molecule has 0 spiro atoms. The average Bonchev–Trinajstić information content (AvgIpc) is 3.09. The van der Waals surface area contributed by atoms with Crippen molar-refractivity contribution < 1.29 is 4.79 Å². The van der Waals surface area contributed by atoms with Crippen molar-refractivity contribution in [3.8, 4) is 11.1 Å². The number of anilines is 2. The van der Waals surface area contributed by atoms with Crippen LogP contribution in [0.25, 0.3) is 16.6 Å². The van der Waals surface area contributed by atoms with Gasteiger partial charge in [0, 0.05) is 41.9 Å². The molecule has 0 atom stereocenters. The third kappa shape index (κ3) is 3.17. The molecule has 4 N–H and O–H groups in total. The molecule has 0 unspecified atom stereocenters. The van der Waals surface area contributed by atoms with E-state index in [-0.39, 0.29) is 11.8 Å². The summed E-state index contributed by atoms with van der Waals surface area (Å²) >= 11 is 0. The van der Waals surface area contributed by atoms with E-state index < -0.39 is 0 Å². The highest BCUT2D eigenvalue weighted by Gasteiger charge is 2.28. The molecule has 1 aliphatic heterocycles. The number of piperidine rings is 1. The van der Waals surface area contributed by atoms with Gasteiger partial charge in [0.15, 0.2) is 5.82 Å². The minimum Gasteiger partial charge on any atom is -0.399 e. The Morgan fingerprint density at radius 2 is 1.82 bits per heavy atom. The molecule has 146 valence electrons. The Labute approximate surface area is 164 Å². The van der Waals surface area contributed by atoms with Crippen LogP contribution in [0.4, 0.5) is 11.5 Å². The first-order valence-electron chi connectivity index (χ1n) is 9.72. The zero-order valence-electron chi connectivity index (χ0n) is 16.3. The van der Waals surface area contributed by atoms with E-state index in [1.165, 1.54) is 6.33 Å². The fourth-order valence-electron chi connectivity index (χ4n) is 4.03. The largest absolute Gasteiger partial charge is 0.399 e. The van der Waals surface area contributed by atoms with E-state index in [0.29, 0.717) is 11.7 Å². The molecule has 0 bridgehead atoms. The van der Waals surface area contributed by atoms with Crippen molar-refractivity contribution in [2.24, 2.45) is 5.92 Å². The summed E-state index contributed by atoms with van der Waals surface area (Å²) in [6, 6.07) is 9.91. The van der Waals surface area contributed by atoms with Crippen molar-refractivity contribution in [3.63, 3.8) is 0 Å². The number of hydrogen-bond donors (Lipinski definition) is 2. The quantitative estimate of drug-likeness (QED) is 0.682. The molecule has 1 fully saturated rings. The topological polar surface area (TPSA) is 103 Å². The van der Waals surface area contributed by atoms with E-state index in [1.54, 1.807) is 0 Å². The lowest BCUT2D eigenvalue weighted by molar-refractivity contribution is -0.135. The maximum Gasteiger partial charge on any atom is 0.225 e. The van der Waals surface area contributed by atoms with Crippen molar-refractivity contribution in [2.45, 2.75) is 32.6 Å². The number of carbonyl (C=O) groups is 1. The van der Waals surface area contributed by atoms with Crippen LogP contribution < -0.4 is 11.5 Å². The van der Waals surface area contributed by atoms with Crippen molar-refractivity contribution in [2.75, 3.05) is 24.6 Å². The van der Waals surface area contributed by atoms with Gasteiger partial charge in [-0.25, -0.2) is 9.50 Å². The molecular weight excluding hydrogens is 352 g/mol. The van der Waals surface area contributed by atoms with Crippen molar-refractivity contribution in [1.82, 2.24) is 19.5 Å². The van der Waals surface area contributed by atoms with Gasteiger partial charge in [-0.3, -0.25) is 4.79 Å². The van der Waals surface area contributed by atoms with Gasteiger partial charge in [0.1, 0.15) is 11.8 Å². The first-order valence-corrected chi connectivity index (χ1v) is 9.72. The SMILES string of the molecule is CC(C)C(=O)N1CCC(c2cc(-c3ccc(N)cc3)c3c(N)ncnn23)CC1. The monoisotopic (exact) mass is 378 g/mol. The summed E-state index contributed by atoms with van der Waals surface area (Å²) in [5, 5.41) is 4.48. The third-order valence-electron chi connectivity index (χ3n) is 5.55. The van der Waals surface area contributed by atoms with E-state index in [2.05, 4.69) is 16.1 Å². The molecule has 4 rings (SSSR count). The molecule has 7 heteroatoms. The predicted molar refractivity (Wildman–Crippen MR) is 111 cm³/mol. The molecule has 0 aliphatic carbocycles. The number of carbonyl (C=O) groups excluding carboxylic acids is 1. The van der Waals surface area contributed by atoms with Gasteiger partial charge in [-0.05, 0) is 36.6 Å². The van der Waals surface area contributed by atoms with Gasteiger partial charge in [-0.1, -0.05) is 26.0 Å². The van der Waals surface area contributed by atoms with Gasteiger partial charge in [0.2, 0.25) is 5.91 Å². The van der Waals surface area contributed by atoms with Crippen LogP contribution >= 0.6 is 0 Å². The van der Waals surface area contributed by atoms with Gasteiger partial charge in [-0.2, -0.15) is 5.10 Å². The number of hydrogen-bond acceptors (Lipinski definition) is 5. The van der Waals surface area contributed by atoms with E-state index in [1.807, 2.05) is 47.5 Å². The lowest BCUT2D eigenvalue weighted by Gasteiger charge is -2.33. The number of fused-ring (bicyclic) bond motifs is 1. The maximum atomic E-state index is 12.3. The third-order valence-corrected chi connectivity index (χ3v) is 5.55. The second kappa shape index (κ2) is 7.14. The molecule has 0 saturated carbocycles. The number of nitrogens with zero attached hydrogens (tertiary/aromatic N) is 4. The normalized spacial score (nSPS) is 15.5. The van der Waals surface area contributed by atoms with Gasteiger partial charge in [-0.15, -0.1) is 0 Å². The Hall–Kier alpha value is -3.09. The molecule has 1 aromatic carbocycles. The molecule has 7 nitrogen and oxygen atoms in total. The van der Waals surface area contributed by atoms with E-state index >= 15 is 0 Å². The minimum absolute atomic E-state index is 0.0374. The van der Waals surface area contributed by atoms with E-state index in [9.17, 15) is 4.79 Å². The lowest BCUT2D eigenvalue weighted by Crippen LogP contribution is -2.40. The number of amides is 1. The van der Waals surface area contributed by atoms with Crippen LogP contribution in [0.2, 0.25) is 0 Å². The van der Waals surface area contributed by atoms with Crippen LogP contribution in [0.15, 0.2) is 36.7 Å². The number of aromatic nitrogens is 3. The number of nitrogens with two attached hydrogens (primary N) is 2. The first kappa shape index (κ1) is 18.3. The Kier molecular flexibility index (Phi) is 4.66. The summed E-state index contributed by atoms with van der Waals surface area (Å²) in [6.45, 7) is 5.44. The van der Waals surface area contributed by atoms with Crippen molar-refractivity contribution in [3.05, 3.63) is 42.4 Å². The summed E-state index contributed by atoms with van der Waals surface area (Å²) in [6.07, 6.45) is 3.32. The standard InChI is InChI=1S/C21H26N6O/c1-13(2)21(28)26-9-7-15(8-10-26)18-11-17(14-3-5-16(22)6-4-14)19-20(23)24-12-25-27(18)19/h3-6,11-13,15H,7-10,22H2,1-2H3,(H2,23,24,25). The highest BCUT2D eigenvalue weighted by atomic mass is 16.2. The van der Waals surface area contributed by atoms with Gasteiger partial charge in [0.25, 0.3) is 0 Å². The number of benzene rings is 1. The molecule has 1 aliphatic rings. The average molecular weight is 378 g/mol. The molecule has 2 aromatic heterocycles. The summed E-state index contributed by atoms with van der Waals surface area (Å²) in [7, 11) is 0. The smallest absolute Gasteiger partial charge is 0.225 e. The molecule has 1 amide bonds. The van der Waals surface area contributed by atoms with E-state index in [4.69, 9.17) is 11.5 Å². The fourth-order valence-corrected chi connectivity index (χ4v) is 4.03. The van der Waals surface area contributed by atoms with Crippen molar-refractivity contribution in [1.29, 1.82) is 0 Å². The van der Waals surface area contributed by atoms with Crippen LogP contribution in [-0.2, 0) is 4.79 Å². The molecule has 3 heterocycles. The van der Waals surface area contributed by atoms with Crippen LogP contribution in [-0.4, -0.2) is 38.5 Å². The number of rotatable bonds is 3. The van der Waals surface area contributed by atoms with Crippen molar-refractivity contribution >= 4 is 22.9 Å². The Bertz CT molecular complexity index is 1000. The molecule has 0 radical (unpaired) electrons. The van der Waals surface area contributed by atoms with Gasteiger partial charge >= 0.3 is 0 Å². The minimum atomic E-state index is 0.0374. The first-order chi connectivity index (χ1) is 13.5. The van der Waals surface area contributed by atoms with E-state index in [0.717, 1.165) is 54.0 Å². The Balaban J connectivity index is 1.70. The molecule has 28 heavy (non-hydrogen) atoms. The summed E-state index contributed by atoms with van der Waals surface area (Å²) in [5.41, 5.74) is 16.8. The second-order valence-electron chi connectivity index (χ2n) is 7.76. The van der Waals surface area contributed by atoms with Crippen LogP contribution in [0.1, 0.15) is 38.3 Å². The highest BCUT2D eigenvalue weighted by Crippen LogP contribution is 2.36. The maximum absolute atomic E-state index is 12.3. The van der Waals surface area contributed by atoms with Gasteiger partial charge < -0.3 is 16.4 Å². The van der Waals surface area contributed by atoms with Crippen LogP contribution in [0, 0.1) is 5.92 Å². The summed E-state index contributed by atoms with van der Waals surface area (Å²) in [4.78, 5) is 18.5. The highest BCUT2D eigenvalue weighted by molar-refractivity contribution is 5.88. The number of likely N-dealkylation sites (tertiary alicyclic amines) is 1. The fraction of sp³-hybridized carbons (Fsp3) is 0.381. The summed E-state index contributed by atoms with van der Waals surface area (Å²) in [5.74, 6) is 1.05. The second-order valence-corrected chi connectivity index (χ2v) is 7.76. The molecule has 3 aromatic rings. The molecular formula is C21H26N6O. The van der Waals surface area contributed by atoms with Crippen LogP contribution in [0.5, 0.6) is 0 Å². The zero-order valence-corrected chi connectivity index (χ0v) is 16.3. The lowest BCUT2D eigenvalue weighted by atomic mass is 9.92. The molecule has 1 saturated heterocycles. The summed E-state index contributed by atoms with van der Waals surface area (Å²) < 4.78 is 1.92. The Morgan fingerprint density at radius 1 is 1.14 bits per heavy atom.